The van der Waals surface area contributed by atoms with E-state index in [4.69, 9.17) is 11.6 Å². The van der Waals surface area contributed by atoms with Gasteiger partial charge in [-0.15, -0.1) is 11.6 Å². The van der Waals surface area contributed by atoms with Gasteiger partial charge in [0.25, 0.3) is 0 Å². The van der Waals surface area contributed by atoms with Gasteiger partial charge in [0, 0.05) is 5.56 Å². The minimum absolute atomic E-state index is 0.0836. The molecule has 5 heteroatoms. The van der Waals surface area contributed by atoms with Gasteiger partial charge in [-0.1, -0.05) is 30.3 Å². The monoisotopic (exact) mass is 309 g/mol. The summed E-state index contributed by atoms with van der Waals surface area (Å²) in [4.78, 5) is 12.1. The molecule has 110 valence electrons. The Morgan fingerprint density at radius 2 is 1.81 bits per heavy atom. The smallest absolute Gasteiger partial charge is 0.243 e. The van der Waals surface area contributed by atoms with E-state index in [1.54, 1.807) is 31.2 Å². The normalized spacial score (nSPS) is 13.5. The van der Waals surface area contributed by atoms with E-state index in [2.05, 4.69) is 5.32 Å². The minimum Gasteiger partial charge on any atom is -0.348 e. The van der Waals surface area contributed by atoms with E-state index in [1.807, 2.05) is 6.07 Å². The lowest BCUT2D eigenvalue weighted by molar-refractivity contribution is -0.121. The average Bonchev–Trinajstić information content (AvgIpc) is 2.49. The van der Waals surface area contributed by atoms with Crippen molar-refractivity contribution < 1.29 is 13.6 Å². The summed E-state index contributed by atoms with van der Waals surface area (Å²) in [5.41, 5.74) is 0.726. The van der Waals surface area contributed by atoms with Crippen molar-refractivity contribution in [2.24, 2.45) is 0 Å². The van der Waals surface area contributed by atoms with Gasteiger partial charge in [0.1, 0.15) is 17.0 Å². The number of halogens is 3. The van der Waals surface area contributed by atoms with Gasteiger partial charge in [-0.3, -0.25) is 4.79 Å². The standard InChI is InChI=1S/C16H14ClF2NO/c1-10(13-9-12(18)7-8-14(13)19)20-16(21)15(17)11-5-3-2-4-6-11/h2-10,15H,1H3,(H,20,21). The van der Waals surface area contributed by atoms with Crippen molar-refractivity contribution in [1.82, 2.24) is 5.32 Å². The van der Waals surface area contributed by atoms with Gasteiger partial charge >= 0.3 is 0 Å². The predicted octanol–water partition coefficient (Wildman–Crippen LogP) is 4.12. The molecule has 2 nitrogen and oxygen atoms in total. The van der Waals surface area contributed by atoms with Crippen LogP contribution in [-0.2, 0) is 4.79 Å². The first-order valence-electron chi connectivity index (χ1n) is 6.43. The minimum atomic E-state index is -0.884. The summed E-state index contributed by atoms with van der Waals surface area (Å²) >= 11 is 6.08. The molecule has 0 saturated carbocycles. The van der Waals surface area contributed by atoms with Crippen LogP contribution in [0.3, 0.4) is 0 Å². The molecule has 0 aliphatic heterocycles. The van der Waals surface area contributed by atoms with E-state index >= 15 is 0 Å². The predicted molar refractivity (Wildman–Crippen MR) is 78.0 cm³/mol. The van der Waals surface area contributed by atoms with Gasteiger partial charge < -0.3 is 5.32 Å². The molecule has 2 atom stereocenters. The molecule has 1 N–H and O–H groups in total. The van der Waals surface area contributed by atoms with Gasteiger partial charge in [0.15, 0.2) is 0 Å². The fourth-order valence-corrected chi connectivity index (χ4v) is 2.19. The summed E-state index contributed by atoms with van der Waals surface area (Å²) in [5, 5.41) is 1.70. The molecule has 1 amide bonds. The van der Waals surface area contributed by atoms with Gasteiger partial charge in [-0.2, -0.15) is 0 Å². The van der Waals surface area contributed by atoms with Crippen LogP contribution >= 0.6 is 11.6 Å². The molecule has 0 radical (unpaired) electrons. The number of benzene rings is 2. The molecule has 0 aliphatic carbocycles. The lowest BCUT2D eigenvalue weighted by Gasteiger charge is -2.17. The zero-order chi connectivity index (χ0) is 15.4. The maximum atomic E-state index is 13.6. The molecule has 0 bridgehead atoms. The number of carbonyl (C=O) groups excluding carboxylic acids is 1. The molecule has 2 aromatic rings. The largest absolute Gasteiger partial charge is 0.348 e. The van der Waals surface area contributed by atoms with Gasteiger partial charge in [-0.25, -0.2) is 8.78 Å². The van der Waals surface area contributed by atoms with Crippen LogP contribution < -0.4 is 5.32 Å². The Bertz CT molecular complexity index is 633. The third-order valence-corrected chi connectivity index (χ3v) is 3.56. The first-order chi connectivity index (χ1) is 9.99. The van der Waals surface area contributed by atoms with E-state index in [9.17, 15) is 13.6 Å². The summed E-state index contributed by atoms with van der Waals surface area (Å²) in [6.07, 6.45) is 0. The SMILES string of the molecule is CC(NC(=O)C(Cl)c1ccccc1)c1cc(F)ccc1F. The Labute approximate surface area is 126 Å². The van der Waals surface area contributed by atoms with Gasteiger partial charge in [0.05, 0.1) is 6.04 Å². The fraction of sp³-hybridized carbons (Fsp3) is 0.188. The van der Waals surface area contributed by atoms with Crippen molar-refractivity contribution in [2.45, 2.75) is 18.3 Å². The highest BCUT2D eigenvalue weighted by Gasteiger charge is 2.21. The van der Waals surface area contributed by atoms with E-state index in [1.165, 1.54) is 0 Å². The third kappa shape index (κ3) is 3.79. The average molecular weight is 310 g/mol. The summed E-state index contributed by atoms with van der Waals surface area (Å²) in [5.74, 6) is -1.59. The quantitative estimate of drug-likeness (QED) is 0.846. The lowest BCUT2D eigenvalue weighted by Crippen LogP contribution is -2.30. The van der Waals surface area contributed by atoms with Crippen molar-refractivity contribution >= 4 is 17.5 Å². The Balaban J connectivity index is 2.10. The molecule has 0 saturated heterocycles. The van der Waals surface area contributed by atoms with Crippen LogP contribution in [0.5, 0.6) is 0 Å². The van der Waals surface area contributed by atoms with E-state index in [0.29, 0.717) is 5.56 Å². The van der Waals surface area contributed by atoms with Gasteiger partial charge in [-0.05, 0) is 30.7 Å². The first-order valence-corrected chi connectivity index (χ1v) is 6.87. The molecule has 0 fully saturated rings. The fourth-order valence-electron chi connectivity index (χ4n) is 1.98. The molecule has 2 rings (SSSR count). The van der Waals surface area contributed by atoms with Crippen LogP contribution in [0.15, 0.2) is 48.5 Å². The van der Waals surface area contributed by atoms with Crippen molar-refractivity contribution in [3.8, 4) is 0 Å². The number of alkyl halides is 1. The highest BCUT2D eigenvalue weighted by molar-refractivity contribution is 6.30. The van der Waals surface area contributed by atoms with E-state index < -0.39 is 29.0 Å². The second-order valence-corrected chi connectivity index (χ2v) is 5.11. The molecule has 0 heterocycles. The van der Waals surface area contributed by atoms with Crippen LogP contribution in [0.2, 0.25) is 0 Å². The molecular weight excluding hydrogens is 296 g/mol. The van der Waals surface area contributed by atoms with Crippen molar-refractivity contribution in [1.29, 1.82) is 0 Å². The number of amides is 1. The van der Waals surface area contributed by atoms with Crippen molar-refractivity contribution in [3.05, 3.63) is 71.3 Å². The molecule has 0 aliphatic rings. The number of hydrogen-bond acceptors (Lipinski definition) is 1. The molecule has 21 heavy (non-hydrogen) atoms. The van der Waals surface area contributed by atoms with E-state index in [0.717, 1.165) is 18.2 Å². The van der Waals surface area contributed by atoms with Crippen LogP contribution in [0.25, 0.3) is 0 Å². The molecule has 0 spiro atoms. The maximum absolute atomic E-state index is 13.6. The molecular formula is C16H14ClF2NO. The Morgan fingerprint density at radius 1 is 1.14 bits per heavy atom. The third-order valence-electron chi connectivity index (χ3n) is 3.11. The summed E-state index contributed by atoms with van der Waals surface area (Å²) < 4.78 is 26.8. The second-order valence-electron chi connectivity index (χ2n) is 4.67. The maximum Gasteiger partial charge on any atom is 0.243 e. The zero-order valence-electron chi connectivity index (χ0n) is 11.3. The number of hydrogen-bond donors (Lipinski definition) is 1. The topological polar surface area (TPSA) is 29.1 Å². The van der Waals surface area contributed by atoms with Gasteiger partial charge in [0.2, 0.25) is 5.91 Å². The molecule has 2 aromatic carbocycles. The Hall–Kier alpha value is -1.94. The Morgan fingerprint density at radius 3 is 2.48 bits per heavy atom. The number of carbonyl (C=O) groups is 1. The van der Waals surface area contributed by atoms with E-state index in [-0.39, 0.29) is 5.56 Å². The summed E-state index contributed by atoms with van der Waals surface area (Å²) in [6, 6.07) is 11.3. The highest BCUT2D eigenvalue weighted by atomic mass is 35.5. The molecule has 2 unspecified atom stereocenters. The summed E-state index contributed by atoms with van der Waals surface area (Å²) in [7, 11) is 0. The Kier molecular flexibility index (Phi) is 4.91. The van der Waals surface area contributed by atoms with Crippen molar-refractivity contribution in [2.75, 3.05) is 0 Å². The van der Waals surface area contributed by atoms with Crippen LogP contribution in [0.1, 0.15) is 29.5 Å². The highest BCUT2D eigenvalue weighted by Crippen LogP contribution is 2.23. The van der Waals surface area contributed by atoms with Crippen LogP contribution in [0.4, 0.5) is 8.78 Å². The van der Waals surface area contributed by atoms with Crippen LogP contribution in [-0.4, -0.2) is 5.91 Å². The molecule has 0 aromatic heterocycles. The number of nitrogens with one attached hydrogen (secondary N) is 1. The summed E-state index contributed by atoms with van der Waals surface area (Å²) in [6.45, 7) is 1.57. The van der Waals surface area contributed by atoms with Crippen LogP contribution in [0, 0.1) is 11.6 Å². The first kappa shape index (κ1) is 15.4. The zero-order valence-corrected chi connectivity index (χ0v) is 12.1. The second kappa shape index (κ2) is 6.68. The lowest BCUT2D eigenvalue weighted by atomic mass is 10.1. The van der Waals surface area contributed by atoms with Crippen molar-refractivity contribution in [3.63, 3.8) is 0 Å². The number of rotatable bonds is 4.